The van der Waals surface area contributed by atoms with Gasteiger partial charge in [0.15, 0.2) is 11.2 Å². The van der Waals surface area contributed by atoms with Gasteiger partial charge in [-0.1, -0.05) is 30.3 Å². The van der Waals surface area contributed by atoms with E-state index in [1.807, 2.05) is 6.07 Å². The van der Waals surface area contributed by atoms with E-state index < -0.39 is 0 Å². The predicted molar refractivity (Wildman–Crippen MR) is 72.4 cm³/mol. The van der Waals surface area contributed by atoms with Crippen LogP contribution in [-0.2, 0) is 10.2 Å². The summed E-state index contributed by atoms with van der Waals surface area (Å²) in [6, 6.07) is 10.5. The largest absolute Gasteiger partial charge is 0.328 e. The summed E-state index contributed by atoms with van der Waals surface area (Å²) >= 11 is 0. The van der Waals surface area contributed by atoms with Crippen molar-refractivity contribution < 1.29 is 14.6 Å². The molecule has 4 fully saturated rings. The molecule has 4 aliphatic rings. The smallest absolute Gasteiger partial charge is 0.172 e. The highest BCUT2D eigenvalue weighted by Gasteiger charge is 2.65. The van der Waals surface area contributed by atoms with Crippen LogP contribution in [0, 0.1) is 5.41 Å². The number of nitrogens with one attached hydrogen (secondary N) is 2. The van der Waals surface area contributed by atoms with Crippen LogP contribution < -0.4 is 9.80 Å². The van der Waals surface area contributed by atoms with E-state index in [0.717, 1.165) is 26.2 Å². The summed E-state index contributed by atoms with van der Waals surface area (Å²) < 4.78 is 0. The molecule has 0 radical (unpaired) electrons. The Bertz CT molecular complexity index is 509. The Morgan fingerprint density at radius 3 is 2.11 bits per heavy atom. The van der Waals surface area contributed by atoms with Crippen LogP contribution in [0.15, 0.2) is 30.3 Å². The van der Waals surface area contributed by atoms with Gasteiger partial charge < -0.3 is 9.80 Å². The van der Waals surface area contributed by atoms with E-state index in [1.54, 1.807) is 9.80 Å². The average Bonchev–Trinajstić information content (AvgIpc) is 2.64. The normalized spacial score (nSPS) is 44.4. The Balaban J connectivity index is 1.89. The van der Waals surface area contributed by atoms with Gasteiger partial charge in [0.05, 0.1) is 26.2 Å². The van der Waals surface area contributed by atoms with E-state index in [1.165, 1.54) is 18.7 Å². The van der Waals surface area contributed by atoms with Gasteiger partial charge in [-0.05, 0) is 12.5 Å². The molecule has 19 heavy (non-hydrogen) atoms. The molecule has 4 heterocycles. The van der Waals surface area contributed by atoms with E-state index in [0.29, 0.717) is 5.78 Å². The number of Topliss-reactive ketones (excluding diaryl/α,β-unsaturated/α-hetero) is 1. The molecule has 100 valence electrons. The molecule has 0 amide bonds. The van der Waals surface area contributed by atoms with Crippen molar-refractivity contribution in [3.8, 4) is 0 Å². The molecule has 0 aliphatic carbocycles. The number of carbonyl (C=O) groups is 1. The maximum absolute atomic E-state index is 13.1. The second kappa shape index (κ2) is 3.68. The Morgan fingerprint density at radius 2 is 1.53 bits per heavy atom. The zero-order chi connectivity index (χ0) is 13.1. The van der Waals surface area contributed by atoms with Gasteiger partial charge in [0.2, 0.25) is 0 Å². The number of rotatable bonds is 1. The topological polar surface area (TPSA) is 26.0 Å². The fraction of sp³-hybridized carbons (Fsp3) is 0.562. The molecular formula is C16H22N2O+2. The summed E-state index contributed by atoms with van der Waals surface area (Å²) in [7, 11) is 0. The maximum Gasteiger partial charge on any atom is 0.172 e. The molecule has 3 heteroatoms. The standard InChI is InChI=1S/C16H20N2O/c1-15-9-17-7-8-18(10-15)12-16(11-17,14(15)19)13-5-3-2-4-6-13/h2-6H,7-12H2,1H3/p+2. The summed E-state index contributed by atoms with van der Waals surface area (Å²) in [5.41, 5.74) is 0.934. The molecule has 2 unspecified atom stereocenters. The molecule has 4 saturated heterocycles. The molecule has 5 rings (SSSR count). The first-order valence-corrected chi connectivity index (χ1v) is 7.40. The third kappa shape index (κ3) is 1.49. The van der Waals surface area contributed by atoms with Crippen molar-refractivity contribution in [3.63, 3.8) is 0 Å². The van der Waals surface area contributed by atoms with Crippen molar-refractivity contribution in [2.75, 3.05) is 39.3 Å². The number of fused-ring (bicyclic) bond motifs is 1. The second-order valence-corrected chi connectivity index (χ2v) is 7.05. The molecule has 1 aromatic rings. The molecule has 2 N–H and O–H groups in total. The Kier molecular flexibility index (Phi) is 2.25. The van der Waals surface area contributed by atoms with Crippen molar-refractivity contribution in [1.82, 2.24) is 0 Å². The average molecular weight is 258 g/mol. The van der Waals surface area contributed by atoms with Gasteiger partial charge in [-0.2, -0.15) is 0 Å². The quantitative estimate of drug-likeness (QED) is 0.618. The Morgan fingerprint density at radius 1 is 0.947 bits per heavy atom. The van der Waals surface area contributed by atoms with Crippen LogP contribution in [0.2, 0.25) is 0 Å². The fourth-order valence-corrected chi connectivity index (χ4v) is 4.91. The Labute approximate surface area is 114 Å². The number of hydrogen-bond donors (Lipinski definition) is 2. The molecule has 4 aliphatic heterocycles. The van der Waals surface area contributed by atoms with E-state index >= 15 is 0 Å². The van der Waals surface area contributed by atoms with Gasteiger partial charge in [-0.25, -0.2) is 0 Å². The highest BCUT2D eigenvalue weighted by atomic mass is 16.1. The van der Waals surface area contributed by atoms with Crippen molar-refractivity contribution in [1.29, 1.82) is 0 Å². The molecular weight excluding hydrogens is 236 g/mol. The highest BCUT2D eigenvalue weighted by Crippen LogP contribution is 2.36. The molecule has 2 atom stereocenters. The number of piperidine rings is 2. The van der Waals surface area contributed by atoms with Crippen molar-refractivity contribution in [2.24, 2.45) is 5.41 Å². The predicted octanol–water partition coefficient (Wildman–Crippen LogP) is -1.69. The molecule has 4 bridgehead atoms. The van der Waals surface area contributed by atoms with Gasteiger partial charge in [0, 0.05) is 0 Å². The first kappa shape index (κ1) is 11.6. The van der Waals surface area contributed by atoms with Gasteiger partial charge in [0.1, 0.15) is 18.5 Å². The zero-order valence-electron chi connectivity index (χ0n) is 11.5. The first-order chi connectivity index (χ1) is 9.12. The number of hydrogen-bond acceptors (Lipinski definition) is 1. The lowest BCUT2D eigenvalue weighted by molar-refractivity contribution is -0.918. The van der Waals surface area contributed by atoms with Crippen molar-refractivity contribution >= 4 is 5.78 Å². The van der Waals surface area contributed by atoms with Crippen LogP contribution >= 0.6 is 0 Å². The molecule has 0 aromatic heterocycles. The van der Waals surface area contributed by atoms with Gasteiger partial charge in [-0.15, -0.1) is 0 Å². The summed E-state index contributed by atoms with van der Waals surface area (Å²) in [5, 5.41) is 0. The third-order valence-corrected chi connectivity index (χ3v) is 5.53. The second-order valence-electron chi connectivity index (χ2n) is 7.05. The summed E-state index contributed by atoms with van der Waals surface area (Å²) in [6.07, 6.45) is 0. The van der Waals surface area contributed by atoms with Crippen molar-refractivity contribution in [2.45, 2.75) is 12.3 Å². The van der Waals surface area contributed by atoms with Gasteiger partial charge >= 0.3 is 0 Å². The first-order valence-electron chi connectivity index (χ1n) is 7.40. The highest BCUT2D eigenvalue weighted by molar-refractivity contribution is 5.96. The SMILES string of the molecule is CC12C[NH+]3CC[NH+](C1)CC(c1ccccc1)(C3)C2=O. The monoisotopic (exact) mass is 258 g/mol. The van der Waals surface area contributed by atoms with E-state index in [4.69, 9.17) is 0 Å². The Hall–Kier alpha value is -1.19. The summed E-state index contributed by atoms with van der Waals surface area (Å²) in [6.45, 7) is 8.77. The van der Waals surface area contributed by atoms with Crippen LogP contribution in [0.5, 0.6) is 0 Å². The van der Waals surface area contributed by atoms with E-state index in [2.05, 4.69) is 31.2 Å². The molecule has 1 aromatic carbocycles. The minimum Gasteiger partial charge on any atom is -0.328 e. The van der Waals surface area contributed by atoms with Crippen LogP contribution in [0.25, 0.3) is 0 Å². The number of carbonyl (C=O) groups excluding carboxylic acids is 1. The minimum atomic E-state index is -0.215. The minimum absolute atomic E-state index is 0.104. The maximum atomic E-state index is 13.1. The number of ketones is 1. The van der Waals surface area contributed by atoms with Crippen molar-refractivity contribution in [3.05, 3.63) is 35.9 Å². The molecule has 3 nitrogen and oxygen atoms in total. The molecule has 0 spiro atoms. The fourth-order valence-electron chi connectivity index (χ4n) is 4.91. The van der Waals surface area contributed by atoms with Crippen LogP contribution in [0.4, 0.5) is 0 Å². The number of benzene rings is 1. The summed E-state index contributed by atoms with van der Waals surface area (Å²) in [5.74, 6) is 0.514. The van der Waals surface area contributed by atoms with Crippen LogP contribution in [0.1, 0.15) is 12.5 Å². The van der Waals surface area contributed by atoms with E-state index in [9.17, 15) is 4.79 Å². The van der Waals surface area contributed by atoms with Crippen LogP contribution in [0.3, 0.4) is 0 Å². The zero-order valence-corrected chi connectivity index (χ0v) is 11.5. The van der Waals surface area contributed by atoms with Gasteiger partial charge in [0.25, 0.3) is 0 Å². The number of quaternary nitrogens is 2. The van der Waals surface area contributed by atoms with Crippen LogP contribution in [-0.4, -0.2) is 45.1 Å². The van der Waals surface area contributed by atoms with Gasteiger partial charge in [-0.3, -0.25) is 4.79 Å². The summed E-state index contributed by atoms with van der Waals surface area (Å²) in [4.78, 5) is 16.4. The third-order valence-electron chi connectivity index (χ3n) is 5.53. The lowest BCUT2D eigenvalue weighted by Gasteiger charge is -2.48. The lowest BCUT2D eigenvalue weighted by Crippen LogP contribution is -3.19. The lowest BCUT2D eigenvalue weighted by atomic mass is 9.61. The van der Waals surface area contributed by atoms with E-state index in [-0.39, 0.29) is 10.8 Å². The molecule has 0 saturated carbocycles.